The summed E-state index contributed by atoms with van der Waals surface area (Å²) in [5.74, 6) is -0.338. The van der Waals surface area contributed by atoms with Crippen LogP contribution in [0.25, 0.3) is 0 Å². The molecule has 5 nitrogen and oxygen atoms in total. The van der Waals surface area contributed by atoms with Crippen LogP contribution in [0.1, 0.15) is 21.5 Å². The van der Waals surface area contributed by atoms with Gasteiger partial charge in [-0.15, -0.1) is 0 Å². The number of halogens is 1. The number of carbonyl (C=O) groups excluding carboxylic acids is 2. The number of rotatable bonds is 5. The monoisotopic (exact) mass is 332 g/mol. The van der Waals surface area contributed by atoms with Crippen molar-refractivity contribution in [2.75, 3.05) is 11.9 Å². The van der Waals surface area contributed by atoms with E-state index in [2.05, 4.69) is 5.32 Å². The summed E-state index contributed by atoms with van der Waals surface area (Å²) in [6.45, 7) is 3.72. The number of amides is 2. The Kier molecular flexibility index (Phi) is 5.24. The molecule has 2 rings (SSSR count). The quantitative estimate of drug-likeness (QED) is 0.882. The van der Waals surface area contributed by atoms with E-state index in [-0.39, 0.29) is 23.1 Å². The van der Waals surface area contributed by atoms with Crippen molar-refractivity contribution in [3.63, 3.8) is 0 Å². The molecule has 0 fully saturated rings. The van der Waals surface area contributed by atoms with E-state index in [1.165, 1.54) is 12.1 Å². The molecule has 0 saturated carbocycles. The van der Waals surface area contributed by atoms with Crippen molar-refractivity contribution in [1.82, 2.24) is 0 Å². The predicted octanol–water partition coefficient (Wildman–Crippen LogP) is 3.07. The zero-order valence-electron chi connectivity index (χ0n) is 12.9. The van der Waals surface area contributed by atoms with Crippen LogP contribution in [0.2, 0.25) is 5.02 Å². The smallest absolute Gasteiger partial charge is 0.262 e. The fraction of sp³-hybridized carbons (Fsp3) is 0.176. The molecule has 0 aliphatic carbocycles. The molecule has 120 valence electrons. The maximum atomic E-state index is 12.0. The van der Waals surface area contributed by atoms with Crippen LogP contribution in [0, 0.1) is 13.8 Å². The standard InChI is InChI=1S/C17H17ClN2O3/c1-10-3-4-11(2)15(7-10)23-9-16(21)20-12-5-6-14(18)13(8-12)17(19)22/h3-8H,9H2,1-2H3,(H2,19,22)(H,20,21). The molecule has 0 atom stereocenters. The summed E-state index contributed by atoms with van der Waals surface area (Å²) in [6, 6.07) is 10.3. The summed E-state index contributed by atoms with van der Waals surface area (Å²) in [7, 11) is 0. The summed E-state index contributed by atoms with van der Waals surface area (Å²) in [6.07, 6.45) is 0. The van der Waals surface area contributed by atoms with Gasteiger partial charge in [-0.05, 0) is 49.2 Å². The molecule has 2 amide bonds. The highest BCUT2D eigenvalue weighted by Crippen LogP contribution is 2.21. The summed E-state index contributed by atoms with van der Waals surface area (Å²) < 4.78 is 5.52. The molecule has 2 aromatic rings. The van der Waals surface area contributed by atoms with Gasteiger partial charge in [0.15, 0.2) is 6.61 Å². The highest BCUT2D eigenvalue weighted by atomic mass is 35.5. The third-order valence-electron chi connectivity index (χ3n) is 3.22. The Morgan fingerprint density at radius 1 is 1.17 bits per heavy atom. The average Bonchev–Trinajstić information content (AvgIpc) is 2.50. The van der Waals surface area contributed by atoms with E-state index < -0.39 is 5.91 Å². The van der Waals surface area contributed by atoms with E-state index in [1.807, 2.05) is 32.0 Å². The van der Waals surface area contributed by atoms with Crippen LogP contribution in [-0.4, -0.2) is 18.4 Å². The van der Waals surface area contributed by atoms with Crippen LogP contribution < -0.4 is 15.8 Å². The Morgan fingerprint density at radius 3 is 2.61 bits per heavy atom. The fourth-order valence-corrected chi connectivity index (χ4v) is 2.21. The second-order valence-electron chi connectivity index (χ2n) is 5.16. The van der Waals surface area contributed by atoms with E-state index in [1.54, 1.807) is 6.07 Å². The number of carbonyl (C=O) groups is 2. The van der Waals surface area contributed by atoms with Gasteiger partial charge in [0.2, 0.25) is 5.91 Å². The minimum Gasteiger partial charge on any atom is -0.483 e. The molecule has 0 aliphatic rings. The van der Waals surface area contributed by atoms with E-state index in [4.69, 9.17) is 22.1 Å². The number of aryl methyl sites for hydroxylation is 2. The normalized spacial score (nSPS) is 10.2. The molecule has 0 aliphatic heterocycles. The number of nitrogens with one attached hydrogen (secondary N) is 1. The van der Waals surface area contributed by atoms with Crippen molar-refractivity contribution in [2.45, 2.75) is 13.8 Å². The summed E-state index contributed by atoms with van der Waals surface area (Å²) >= 11 is 5.86. The van der Waals surface area contributed by atoms with Crippen LogP contribution in [0.3, 0.4) is 0 Å². The van der Waals surface area contributed by atoms with Gasteiger partial charge in [0.25, 0.3) is 5.91 Å². The molecule has 6 heteroatoms. The summed E-state index contributed by atoms with van der Waals surface area (Å²) in [5, 5.41) is 2.88. The Balaban J connectivity index is 2.01. The Labute approximate surface area is 139 Å². The Morgan fingerprint density at radius 2 is 1.91 bits per heavy atom. The Bertz CT molecular complexity index is 759. The van der Waals surface area contributed by atoms with Gasteiger partial charge in [-0.3, -0.25) is 9.59 Å². The van der Waals surface area contributed by atoms with E-state index in [0.717, 1.165) is 11.1 Å². The number of anilines is 1. The lowest BCUT2D eigenvalue weighted by Crippen LogP contribution is -2.21. The topological polar surface area (TPSA) is 81.4 Å². The van der Waals surface area contributed by atoms with E-state index in [0.29, 0.717) is 11.4 Å². The lowest BCUT2D eigenvalue weighted by molar-refractivity contribution is -0.118. The van der Waals surface area contributed by atoms with E-state index in [9.17, 15) is 9.59 Å². The zero-order valence-corrected chi connectivity index (χ0v) is 13.6. The number of hydrogen-bond donors (Lipinski definition) is 2. The SMILES string of the molecule is Cc1ccc(C)c(OCC(=O)Nc2ccc(Cl)c(C(N)=O)c2)c1. The van der Waals surface area contributed by atoms with Gasteiger partial charge in [0, 0.05) is 5.69 Å². The molecule has 0 spiro atoms. The first-order chi connectivity index (χ1) is 10.9. The van der Waals surface area contributed by atoms with Crippen LogP contribution >= 0.6 is 11.6 Å². The van der Waals surface area contributed by atoms with Crippen LogP contribution in [-0.2, 0) is 4.79 Å². The van der Waals surface area contributed by atoms with Gasteiger partial charge < -0.3 is 15.8 Å². The summed E-state index contributed by atoms with van der Waals surface area (Å²) in [4.78, 5) is 23.2. The molecule has 0 heterocycles. The predicted molar refractivity (Wildman–Crippen MR) is 90.0 cm³/mol. The van der Waals surface area contributed by atoms with Gasteiger partial charge in [-0.1, -0.05) is 23.7 Å². The molecule has 0 unspecified atom stereocenters. The van der Waals surface area contributed by atoms with Gasteiger partial charge in [-0.25, -0.2) is 0 Å². The molecule has 0 aromatic heterocycles. The van der Waals surface area contributed by atoms with Crippen molar-refractivity contribution in [1.29, 1.82) is 0 Å². The van der Waals surface area contributed by atoms with E-state index >= 15 is 0 Å². The molecule has 3 N–H and O–H groups in total. The molecule has 2 aromatic carbocycles. The minimum atomic E-state index is -0.655. The van der Waals surface area contributed by atoms with Gasteiger partial charge in [-0.2, -0.15) is 0 Å². The van der Waals surface area contributed by atoms with Gasteiger partial charge in [0.05, 0.1) is 10.6 Å². The maximum absolute atomic E-state index is 12.0. The highest BCUT2D eigenvalue weighted by Gasteiger charge is 2.10. The van der Waals surface area contributed by atoms with Gasteiger partial charge >= 0.3 is 0 Å². The fourth-order valence-electron chi connectivity index (χ4n) is 2.00. The lowest BCUT2D eigenvalue weighted by Gasteiger charge is -2.11. The molecule has 23 heavy (non-hydrogen) atoms. The molecular formula is C17H17ClN2O3. The average molecular weight is 333 g/mol. The first kappa shape index (κ1) is 16.8. The largest absolute Gasteiger partial charge is 0.483 e. The van der Waals surface area contributed by atoms with Crippen LogP contribution in [0.5, 0.6) is 5.75 Å². The van der Waals surface area contributed by atoms with Crippen molar-refractivity contribution in [3.05, 3.63) is 58.1 Å². The first-order valence-electron chi connectivity index (χ1n) is 6.96. The van der Waals surface area contributed by atoms with Crippen molar-refractivity contribution < 1.29 is 14.3 Å². The zero-order chi connectivity index (χ0) is 17.0. The Hall–Kier alpha value is -2.53. The second-order valence-corrected chi connectivity index (χ2v) is 5.57. The minimum absolute atomic E-state index is 0.140. The van der Waals surface area contributed by atoms with Crippen LogP contribution in [0.4, 0.5) is 5.69 Å². The number of hydrogen-bond acceptors (Lipinski definition) is 3. The number of ether oxygens (including phenoxy) is 1. The number of primary amides is 1. The molecule has 0 saturated heterocycles. The number of benzene rings is 2. The number of nitrogens with two attached hydrogens (primary N) is 1. The van der Waals surface area contributed by atoms with Crippen molar-refractivity contribution in [3.8, 4) is 5.75 Å². The van der Waals surface area contributed by atoms with Gasteiger partial charge in [0.1, 0.15) is 5.75 Å². The van der Waals surface area contributed by atoms with Crippen LogP contribution in [0.15, 0.2) is 36.4 Å². The first-order valence-corrected chi connectivity index (χ1v) is 7.34. The molecule has 0 radical (unpaired) electrons. The van der Waals surface area contributed by atoms with Crippen molar-refractivity contribution >= 4 is 29.1 Å². The molecule has 0 bridgehead atoms. The third kappa shape index (κ3) is 4.47. The second kappa shape index (κ2) is 7.15. The third-order valence-corrected chi connectivity index (χ3v) is 3.55. The maximum Gasteiger partial charge on any atom is 0.262 e. The molecular weight excluding hydrogens is 316 g/mol. The lowest BCUT2D eigenvalue weighted by atomic mass is 10.1. The highest BCUT2D eigenvalue weighted by molar-refractivity contribution is 6.34. The van der Waals surface area contributed by atoms with Crippen molar-refractivity contribution in [2.24, 2.45) is 5.73 Å². The summed E-state index contributed by atoms with van der Waals surface area (Å²) in [5.41, 5.74) is 7.80.